The Kier molecular flexibility index (Phi) is 6.10. The number of aliphatic hydroxyl groups is 1. The highest BCUT2D eigenvalue weighted by molar-refractivity contribution is 4.63. The minimum atomic E-state index is -0.305. The van der Waals surface area contributed by atoms with Gasteiger partial charge in [-0.15, -0.1) is 0 Å². The second-order valence-corrected chi connectivity index (χ2v) is 3.71. The number of nitrogens with zero attached hydrogens (tertiary/aromatic N) is 1. The van der Waals surface area contributed by atoms with E-state index < -0.39 is 0 Å². The van der Waals surface area contributed by atoms with Crippen molar-refractivity contribution in [2.45, 2.75) is 18.9 Å². The Morgan fingerprint density at radius 3 is 2.79 bits per heavy atom. The van der Waals surface area contributed by atoms with Crippen molar-refractivity contribution < 1.29 is 14.6 Å². The van der Waals surface area contributed by atoms with Gasteiger partial charge in [0.15, 0.2) is 0 Å². The van der Waals surface area contributed by atoms with E-state index in [1.807, 2.05) is 0 Å². The molecule has 4 heteroatoms. The molecule has 1 atom stereocenters. The van der Waals surface area contributed by atoms with Gasteiger partial charge in [-0.2, -0.15) is 0 Å². The predicted octanol–water partition coefficient (Wildman–Crippen LogP) is 0.106. The zero-order valence-corrected chi connectivity index (χ0v) is 8.95. The summed E-state index contributed by atoms with van der Waals surface area (Å²) in [5, 5.41) is 9.41. The van der Waals surface area contributed by atoms with Crippen LogP contribution in [0, 0.1) is 0 Å². The molecule has 0 saturated carbocycles. The third-order valence-electron chi connectivity index (χ3n) is 2.47. The quantitative estimate of drug-likeness (QED) is 0.665. The van der Waals surface area contributed by atoms with Crippen LogP contribution in [0.3, 0.4) is 0 Å². The summed E-state index contributed by atoms with van der Waals surface area (Å²) in [6, 6.07) is 0. The summed E-state index contributed by atoms with van der Waals surface area (Å²) in [7, 11) is 1.62. The third kappa shape index (κ3) is 4.91. The Bertz CT molecular complexity index is 137. The smallest absolute Gasteiger partial charge is 0.0774 e. The van der Waals surface area contributed by atoms with E-state index in [4.69, 9.17) is 9.47 Å². The molecule has 0 radical (unpaired) electrons. The van der Waals surface area contributed by atoms with E-state index in [0.717, 1.165) is 45.7 Å². The normalized spacial score (nSPS) is 21.0. The average molecular weight is 203 g/mol. The van der Waals surface area contributed by atoms with Crippen molar-refractivity contribution in [1.82, 2.24) is 4.90 Å². The molecule has 1 fully saturated rings. The number of ether oxygens (including phenoxy) is 2. The molecular weight excluding hydrogens is 182 g/mol. The average Bonchev–Trinajstić information content (AvgIpc) is 2.20. The molecule has 4 nitrogen and oxygen atoms in total. The fourth-order valence-electron chi connectivity index (χ4n) is 1.65. The molecule has 0 aromatic rings. The first-order valence-corrected chi connectivity index (χ1v) is 5.30. The molecule has 1 N–H and O–H groups in total. The van der Waals surface area contributed by atoms with Gasteiger partial charge in [0.1, 0.15) is 0 Å². The van der Waals surface area contributed by atoms with E-state index in [1.165, 1.54) is 0 Å². The minimum absolute atomic E-state index is 0.305. The highest BCUT2D eigenvalue weighted by Gasteiger charge is 2.10. The van der Waals surface area contributed by atoms with Crippen LogP contribution in [0.2, 0.25) is 0 Å². The summed E-state index contributed by atoms with van der Waals surface area (Å²) in [5.41, 5.74) is 0. The van der Waals surface area contributed by atoms with E-state index in [1.54, 1.807) is 7.11 Å². The number of rotatable bonds is 6. The molecule has 0 bridgehead atoms. The van der Waals surface area contributed by atoms with E-state index in [-0.39, 0.29) is 6.10 Å². The van der Waals surface area contributed by atoms with E-state index in [9.17, 15) is 5.11 Å². The molecule has 1 saturated heterocycles. The van der Waals surface area contributed by atoms with Crippen LogP contribution in [0.5, 0.6) is 0 Å². The Balaban J connectivity index is 1.96. The van der Waals surface area contributed by atoms with Crippen LogP contribution >= 0.6 is 0 Å². The number of hydrogen-bond donors (Lipinski definition) is 1. The van der Waals surface area contributed by atoms with Gasteiger partial charge < -0.3 is 14.6 Å². The Labute approximate surface area is 85.8 Å². The summed E-state index contributed by atoms with van der Waals surface area (Å²) in [4.78, 5) is 2.38. The number of methoxy groups -OCH3 is 1. The summed E-state index contributed by atoms with van der Waals surface area (Å²) in [5.74, 6) is 0. The fraction of sp³-hybridized carbons (Fsp3) is 1.00. The van der Waals surface area contributed by atoms with Crippen LogP contribution in [0.1, 0.15) is 12.8 Å². The summed E-state index contributed by atoms with van der Waals surface area (Å²) in [6.07, 6.45) is 1.55. The first-order chi connectivity index (χ1) is 6.83. The first kappa shape index (κ1) is 11.9. The lowest BCUT2D eigenvalue weighted by atomic mass is 10.2. The lowest BCUT2D eigenvalue weighted by Gasteiger charge is -2.26. The number of morpholine rings is 1. The van der Waals surface area contributed by atoms with Gasteiger partial charge >= 0.3 is 0 Å². The Morgan fingerprint density at radius 2 is 2.14 bits per heavy atom. The molecule has 14 heavy (non-hydrogen) atoms. The summed E-state index contributed by atoms with van der Waals surface area (Å²) < 4.78 is 10.1. The highest BCUT2D eigenvalue weighted by Crippen LogP contribution is 2.02. The van der Waals surface area contributed by atoms with Gasteiger partial charge in [0.05, 0.1) is 25.9 Å². The lowest BCUT2D eigenvalue weighted by Crippen LogP contribution is -2.37. The zero-order valence-electron chi connectivity index (χ0n) is 8.95. The maximum Gasteiger partial charge on any atom is 0.0774 e. The van der Waals surface area contributed by atoms with Gasteiger partial charge in [-0.3, -0.25) is 4.90 Å². The molecule has 1 aliphatic heterocycles. The SMILES string of the molecule is COCC(O)CCCN1CCOCC1. The first-order valence-electron chi connectivity index (χ1n) is 5.30. The lowest BCUT2D eigenvalue weighted by molar-refractivity contribution is 0.0299. The molecular formula is C10H21NO3. The molecule has 0 amide bonds. The van der Waals surface area contributed by atoms with Crippen molar-refractivity contribution in [3.63, 3.8) is 0 Å². The molecule has 1 heterocycles. The number of aliphatic hydroxyl groups excluding tert-OH is 1. The van der Waals surface area contributed by atoms with E-state index in [0.29, 0.717) is 6.61 Å². The van der Waals surface area contributed by atoms with Gasteiger partial charge in [-0.05, 0) is 19.4 Å². The zero-order chi connectivity index (χ0) is 10.2. The topological polar surface area (TPSA) is 41.9 Å². The van der Waals surface area contributed by atoms with Crippen LogP contribution < -0.4 is 0 Å². The molecule has 0 spiro atoms. The van der Waals surface area contributed by atoms with Gasteiger partial charge in [-0.25, -0.2) is 0 Å². The highest BCUT2D eigenvalue weighted by atomic mass is 16.5. The third-order valence-corrected chi connectivity index (χ3v) is 2.47. The Morgan fingerprint density at radius 1 is 1.43 bits per heavy atom. The second kappa shape index (κ2) is 7.17. The van der Waals surface area contributed by atoms with Crippen molar-refractivity contribution >= 4 is 0 Å². The van der Waals surface area contributed by atoms with Crippen LogP contribution in [0.4, 0.5) is 0 Å². The maximum atomic E-state index is 9.41. The van der Waals surface area contributed by atoms with Gasteiger partial charge in [0, 0.05) is 20.2 Å². The molecule has 0 aromatic carbocycles. The molecule has 0 aliphatic carbocycles. The van der Waals surface area contributed by atoms with Gasteiger partial charge in [0.2, 0.25) is 0 Å². The van der Waals surface area contributed by atoms with Crippen molar-refractivity contribution in [1.29, 1.82) is 0 Å². The standard InChI is InChI=1S/C10H21NO3/c1-13-9-10(12)3-2-4-11-5-7-14-8-6-11/h10,12H,2-9H2,1H3. The summed E-state index contributed by atoms with van der Waals surface area (Å²) in [6.45, 7) is 5.26. The number of hydrogen-bond acceptors (Lipinski definition) is 4. The Hall–Kier alpha value is -0.160. The van der Waals surface area contributed by atoms with Crippen molar-refractivity contribution in [2.24, 2.45) is 0 Å². The molecule has 1 rings (SSSR count). The van der Waals surface area contributed by atoms with Crippen molar-refractivity contribution in [3.05, 3.63) is 0 Å². The fourth-order valence-corrected chi connectivity index (χ4v) is 1.65. The van der Waals surface area contributed by atoms with E-state index >= 15 is 0 Å². The largest absolute Gasteiger partial charge is 0.391 e. The summed E-state index contributed by atoms with van der Waals surface area (Å²) >= 11 is 0. The van der Waals surface area contributed by atoms with Gasteiger partial charge in [0.25, 0.3) is 0 Å². The molecule has 1 aliphatic rings. The molecule has 1 unspecified atom stereocenters. The van der Waals surface area contributed by atoms with Crippen LogP contribution in [-0.2, 0) is 9.47 Å². The van der Waals surface area contributed by atoms with Crippen LogP contribution in [0.15, 0.2) is 0 Å². The minimum Gasteiger partial charge on any atom is -0.391 e. The monoisotopic (exact) mass is 203 g/mol. The van der Waals surface area contributed by atoms with Crippen LogP contribution in [0.25, 0.3) is 0 Å². The van der Waals surface area contributed by atoms with E-state index in [2.05, 4.69) is 4.90 Å². The predicted molar refractivity (Wildman–Crippen MR) is 54.4 cm³/mol. The van der Waals surface area contributed by atoms with Crippen molar-refractivity contribution in [2.75, 3.05) is 46.6 Å². The van der Waals surface area contributed by atoms with Crippen LogP contribution in [-0.4, -0.2) is 62.7 Å². The van der Waals surface area contributed by atoms with Gasteiger partial charge in [-0.1, -0.05) is 0 Å². The second-order valence-electron chi connectivity index (χ2n) is 3.71. The molecule has 84 valence electrons. The van der Waals surface area contributed by atoms with Crippen molar-refractivity contribution in [3.8, 4) is 0 Å². The maximum absolute atomic E-state index is 9.41. The molecule has 0 aromatic heterocycles.